The van der Waals surface area contributed by atoms with Gasteiger partial charge in [-0.15, -0.1) is 0 Å². The van der Waals surface area contributed by atoms with Crippen molar-refractivity contribution in [2.75, 3.05) is 6.54 Å². The van der Waals surface area contributed by atoms with E-state index in [1.807, 2.05) is 6.07 Å². The maximum Gasteiger partial charge on any atom is 0.416 e. The minimum absolute atomic E-state index is 0.606. The molecular weight excluding hydrogens is 375 g/mol. The van der Waals surface area contributed by atoms with Gasteiger partial charge in [0.25, 0.3) is 0 Å². The molecule has 0 saturated carbocycles. The molecule has 2 aromatic carbocycles. The third-order valence-corrected chi connectivity index (χ3v) is 5.11. The number of benzene rings is 2. The van der Waals surface area contributed by atoms with Gasteiger partial charge in [0.15, 0.2) is 0 Å². The molecule has 1 nitrogen and oxygen atoms in total. The molecule has 1 aliphatic heterocycles. The first kappa shape index (κ1) is 15.9. The van der Waals surface area contributed by atoms with Crippen LogP contribution in [0.4, 0.5) is 13.2 Å². The molecule has 0 atom stereocenters. The van der Waals surface area contributed by atoms with Gasteiger partial charge in [0, 0.05) is 22.5 Å². The predicted molar refractivity (Wildman–Crippen MR) is 85.6 cm³/mol. The average Bonchev–Trinajstić information content (AvgIpc) is 2.47. The Morgan fingerprint density at radius 3 is 2.41 bits per heavy atom. The Kier molecular flexibility index (Phi) is 4.52. The smallest absolute Gasteiger partial charge is 0.242 e. The van der Waals surface area contributed by atoms with Gasteiger partial charge >= 0.3 is 6.18 Å². The molecule has 116 valence electrons. The second-order valence-corrected chi connectivity index (χ2v) is 7.23. The zero-order valence-corrected chi connectivity index (χ0v) is 13.9. The molecule has 0 N–H and O–H groups in total. The highest BCUT2D eigenvalue weighted by Crippen LogP contribution is 2.33. The van der Waals surface area contributed by atoms with E-state index in [9.17, 15) is 13.2 Å². The number of fused-ring (bicyclic) bond motifs is 1. The van der Waals surface area contributed by atoms with E-state index in [4.69, 9.17) is 0 Å². The largest absolute Gasteiger partial charge is 0.416 e. The SMILES string of the molecule is FC(F)(F)c1ccc(SN2CCc3cc(Br)ccc3C2)cc1. The molecule has 3 rings (SSSR count). The van der Waals surface area contributed by atoms with Crippen LogP contribution in [0.1, 0.15) is 16.7 Å². The fourth-order valence-corrected chi connectivity index (χ4v) is 3.78. The molecule has 1 heterocycles. The third kappa shape index (κ3) is 3.67. The first-order chi connectivity index (χ1) is 10.4. The minimum atomic E-state index is -4.28. The summed E-state index contributed by atoms with van der Waals surface area (Å²) in [6, 6.07) is 11.6. The highest BCUT2D eigenvalue weighted by Gasteiger charge is 2.30. The Hall–Kier alpha value is -0.980. The summed E-state index contributed by atoms with van der Waals surface area (Å²) in [5.41, 5.74) is 2.00. The minimum Gasteiger partial charge on any atom is -0.242 e. The maximum absolute atomic E-state index is 12.6. The van der Waals surface area contributed by atoms with Crippen LogP contribution in [-0.2, 0) is 19.1 Å². The first-order valence-corrected chi connectivity index (χ1v) is 8.36. The normalized spacial score (nSPS) is 15.6. The Labute approximate surface area is 139 Å². The lowest BCUT2D eigenvalue weighted by Crippen LogP contribution is -2.24. The van der Waals surface area contributed by atoms with E-state index in [1.54, 1.807) is 0 Å². The van der Waals surface area contributed by atoms with Crippen molar-refractivity contribution in [3.8, 4) is 0 Å². The molecule has 0 fully saturated rings. The summed E-state index contributed by atoms with van der Waals surface area (Å²) in [6.45, 7) is 1.68. The first-order valence-electron chi connectivity index (χ1n) is 6.79. The summed E-state index contributed by atoms with van der Waals surface area (Å²) in [7, 11) is 0. The van der Waals surface area contributed by atoms with E-state index in [0.717, 1.165) is 41.0 Å². The molecule has 1 aliphatic rings. The van der Waals surface area contributed by atoms with Crippen LogP contribution in [0.5, 0.6) is 0 Å². The fraction of sp³-hybridized carbons (Fsp3) is 0.250. The van der Waals surface area contributed by atoms with Gasteiger partial charge in [-0.05, 0) is 65.9 Å². The van der Waals surface area contributed by atoms with Crippen molar-refractivity contribution in [1.82, 2.24) is 4.31 Å². The predicted octanol–water partition coefficient (Wildman–Crippen LogP) is 5.53. The van der Waals surface area contributed by atoms with Gasteiger partial charge in [0.2, 0.25) is 0 Å². The van der Waals surface area contributed by atoms with Crippen LogP contribution >= 0.6 is 27.9 Å². The molecule has 0 saturated heterocycles. The van der Waals surface area contributed by atoms with Crippen LogP contribution in [-0.4, -0.2) is 10.8 Å². The Morgan fingerprint density at radius 1 is 1.00 bits per heavy atom. The van der Waals surface area contributed by atoms with Crippen molar-refractivity contribution >= 4 is 27.9 Å². The Morgan fingerprint density at radius 2 is 1.73 bits per heavy atom. The van der Waals surface area contributed by atoms with Crippen LogP contribution in [0.15, 0.2) is 51.8 Å². The number of nitrogens with zero attached hydrogens (tertiary/aromatic N) is 1. The van der Waals surface area contributed by atoms with E-state index in [0.29, 0.717) is 0 Å². The average molecular weight is 388 g/mol. The number of alkyl halides is 3. The second-order valence-electron chi connectivity index (χ2n) is 5.14. The van der Waals surface area contributed by atoms with Crippen LogP contribution in [0.2, 0.25) is 0 Å². The van der Waals surface area contributed by atoms with E-state index in [2.05, 4.69) is 32.4 Å². The van der Waals surface area contributed by atoms with Crippen molar-refractivity contribution in [3.63, 3.8) is 0 Å². The molecule has 22 heavy (non-hydrogen) atoms. The molecule has 0 aromatic heterocycles. The molecule has 0 unspecified atom stereocenters. The summed E-state index contributed by atoms with van der Waals surface area (Å²) in [6.07, 6.45) is -3.33. The summed E-state index contributed by atoms with van der Waals surface area (Å²) in [4.78, 5) is 0.827. The topological polar surface area (TPSA) is 3.24 Å². The van der Waals surface area contributed by atoms with Crippen molar-refractivity contribution in [1.29, 1.82) is 0 Å². The van der Waals surface area contributed by atoms with Crippen LogP contribution in [0, 0.1) is 0 Å². The zero-order valence-electron chi connectivity index (χ0n) is 11.5. The lowest BCUT2D eigenvalue weighted by Gasteiger charge is -2.27. The highest BCUT2D eigenvalue weighted by molar-refractivity contribution is 9.10. The van der Waals surface area contributed by atoms with Gasteiger partial charge in [-0.2, -0.15) is 13.2 Å². The number of rotatable bonds is 2. The summed E-state index contributed by atoms with van der Waals surface area (Å²) in [5, 5.41) is 0. The van der Waals surface area contributed by atoms with E-state index in [1.165, 1.54) is 35.2 Å². The maximum atomic E-state index is 12.6. The van der Waals surface area contributed by atoms with Gasteiger partial charge in [0.1, 0.15) is 0 Å². The van der Waals surface area contributed by atoms with E-state index >= 15 is 0 Å². The number of halogens is 4. The highest BCUT2D eigenvalue weighted by atomic mass is 79.9. The van der Waals surface area contributed by atoms with Crippen LogP contribution in [0.3, 0.4) is 0 Å². The van der Waals surface area contributed by atoms with Crippen molar-refractivity contribution in [2.45, 2.75) is 24.0 Å². The number of hydrogen-bond donors (Lipinski definition) is 0. The summed E-state index contributed by atoms with van der Waals surface area (Å²) in [5.74, 6) is 0. The van der Waals surface area contributed by atoms with E-state index in [-0.39, 0.29) is 0 Å². The van der Waals surface area contributed by atoms with Crippen molar-refractivity contribution in [2.24, 2.45) is 0 Å². The Balaban J connectivity index is 1.68. The fourth-order valence-electron chi connectivity index (χ4n) is 2.43. The van der Waals surface area contributed by atoms with Gasteiger partial charge < -0.3 is 0 Å². The molecule has 0 bridgehead atoms. The zero-order chi connectivity index (χ0) is 15.7. The van der Waals surface area contributed by atoms with Crippen molar-refractivity contribution in [3.05, 3.63) is 63.6 Å². The standard InChI is InChI=1S/C16H13BrF3NS/c17-14-4-1-12-10-21(8-7-11(12)9-14)22-15-5-2-13(3-6-15)16(18,19)20/h1-6,9H,7-8,10H2. The Bertz CT molecular complexity index is 670. The van der Waals surface area contributed by atoms with Crippen LogP contribution in [0.25, 0.3) is 0 Å². The molecule has 0 radical (unpaired) electrons. The lowest BCUT2D eigenvalue weighted by molar-refractivity contribution is -0.137. The monoisotopic (exact) mass is 387 g/mol. The van der Waals surface area contributed by atoms with Gasteiger partial charge in [0.05, 0.1) is 5.56 Å². The van der Waals surface area contributed by atoms with Crippen molar-refractivity contribution < 1.29 is 13.2 Å². The molecule has 0 aliphatic carbocycles. The molecule has 2 aromatic rings. The quantitative estimate of drug-likeness (QED) is 0.622. The lowest BCUT2D eigenvalue weighted by atomic mass is 10.0. The molecule has 6 heteroatoms. The molecule has 0 spiro atoms. The third-order valence-electron chi connectivity index (χ3n) is 3.56. The summed E-state index contributed by atoms with van der Waals surface area (Å²) < 4.78 is 40.9. The second kappa shape index (κ2) is 6.26. The van der Waals surface area contributed by atoms with Gasteiger partial charge in [-0.25, -0.2) is 4.31 Å². The van der Waals surface area contributed by atoms with Gasteiger partial charge in [-0.3, -0.25) is 0 Å². The van der Waals surface area contributed by atoms with E-state index < -0.39 is 11.7 Å². The summed E-state index contributed by atoms with van der Waals surface area (Å²) >= 11 is 4.98. The molecule has 0 amide bonds. The number of hydrogen-bond acceptors (Lipinski definition) is 2. The van der Waals surface area contributed by atoms with Gasteiger partial charge in [-0.1, -0.05) is 22.0 Å². The molecular formula is C16H13BrF3NS. The van der Waals surface area contributed by atoms with Crippen LogP contribution < -0.4 is 0 Å².